The summed E-state index contributed by atoms with van der Waals surface area (Å²) in [6, 6.07) is 23.9. The largest absolute Gasteiger partial charge is 0.339 e. The summed E-state index contributed by atoms with van der Waals surface area (Å²) in [7, 11) is -3.73. The molecule has 8 heteroatoms. The van der Waals surface area contributed by atoms with Gasteiger partial charge in [-0.05, 0) is 48.7 Å². The van der Waals surface area contributed by atoms with Crippen molar-refractivity contribution in [3.63, 3.8) is 0 Å². The molecule has 0 spiro atoms. The Morgan fingerprint density at radius 3 is 2.44 bits per heavy atom. The van der Waals surface area contributed by atoms with Crippen LogP contribution in [0.5, 0.6) is 0 Å². The van der Waals surface area contributed by atoms with Crippen molar-refractivity contribution in [1.29, 1.82) is 5.26 Å². The quantitative estimate of drug-likeness (QED) is 0.347. The molecule has 1 atom stereocenters. The molecule has 1 unspecified atom stereocenters. The normalized spacial score (nSPS) is 17.3. The maximum Gasteiger partial charge on any atom is 0.243 e. The predicted molar refractivity (Wildman–Crippen MR) is 134 cm³/mol. The third-order valence-corrected chi connectivity index (χ3v) is 7.86. The smallest absolute Gasteiger partial charge is 0.243 e. The molecule has 34 heavy (non-hydrogen) atoms. The summed E-state index contributed by atoms with van der Waals surface area (Å²) in [4.78, 5) is 6.26. The van der Waals surface area contributed by atoms with Gasteiger partial charge in [-0.25, -0.2) is 8.42 Å². The number of hydrogen-bond donors (Lipinski definition) is 1. The third-order valence-electron chi connectivity index (χ3n) is 5.96. The Kier molecular flexibility index (Phi) is 6.96. The van der Waals surface area contributed by atoms with Crippen LogP contribution in [-0.4, -0.2) is 43.2 Å². The van der Waals surface area contributed by atoms with E-state index in [9.17, 15) is 13.7 Å². The number of nitrogens with one attached hydrogen (secondary N) is 1. The maximum absolute atomic E-state index is 13.7. The van der Waals surface area contributed by atoms with E-state index >= 15 is 0 Å². The number of aliphatic imine (C=N–C) groups is 1. The molecule has 0 aliphatic carbocycles. The minimum atomic E-state index is -3.73. The average Bonchev–Trinajstić information content (AvgIpc) is 2.85. The molecule has 1 aliphatic heterocycles. The number of benzene rings is 3. The monoisotopic (exact) mass is 473 g/mol. The van der Waals surface area contributed by atoms with Gasteiger partial charge in [-0.3, -0.25) is 0 Å². The number of hydrogen-bond acceptors (Lipinski definition) is 4. The Hall–Kier alpha value is -3.67. The second-order valence-electron chi connectivity index (χ2n) is 8.28. The molecule has 0 amide bonds. The van der Waals surface area contributed by atoms with E-state index in [0.717, 1.165) is 22.4 Å². The first-order valence-electron chi connectivity index (χ1n) is 11.1. The summed E-state index contributed by atoms with van der Waals surface area (Å²) in [6.07, 6.45) is 1.88. The highest BCUT2D eigenvalue weighted by Gasteiger charge is 2.38. The Bertz CT molecular complexity index is 1330. The van der Waals surface area contributed by atoms with Crippen molar-refractivity contribution >= 4 is 21.7 Å². The summed E-state index contributed by atoms with van der Waals surface area (Å²) < 4.78 is 28.9. The molecule has 0 radical (unpaired) electrons. The standard InChI is InChI=1S/C26H27N5O2S/c1-20-9-8-13-23(17-20)34(32,33)31-16-15-30(18-25(31)22-11-4-3-5-12-22)26(28-19-27)29-24-14-7-6-10-21(24)2/h3-14,17,25H,15-16,18H2,1-2H3,(H,28,29). The van der Waals surface area contributed by atoms with E-state index in [1.54, 1.807) is 22.5 Å². The molecule has 1 saturated heterocycles. The van der Waals surface area contributed by atoms with Crippen molar-refractivity contribution in [2.75, 3.05) is 25.0 Å². The lowest BCUT2D eigenvalue weighted by molar-refractivity contribution is 0.194. The second kappa shape index (κ2) is 10.1. The van der Waals surface area contributed by atoms with Gasteiger partial charge in [0.2, 0.25) is 22.2 Å². The van der Waals surface area contributed by atoms with E-state index in [2.05, 4.69) is 10.3 Å². The van der Waals surface area contributed by atoms with Gasteiger partial charge in [0.1, 0.15) is 0 Å². The van der Waals surface area contributed by atoms with Gasteiger partial charge in [0.25, 0.3) is 0 Å². The fourth-order valence-electron chi connectivity index (χ4n) is 4.16. The van der Waals surface area contributed by atoms with E-state index in [1.807, 2.05) is 85.6 Å². The summed E-state index contributed by atoms with van der Waals surface area (Å²) in [5, 5.41) is 12.6. The fourth-order valence-corrected chi connectivity index (χ4v) is 5.86. The van der Waals surface area contributed by atoms with E-state index in [-0.39, 0.29) is 11.4 Å². The van der Waals surface area contributed by atoms with E-state index < -0.39 is 16.1 Å². The van der Waals surface area contributed by atoms with Crippen LogP contribution in [0.3, 0.4) is 0 Å². The first-order valence-corrected chi connectivity index (χ1v) is 12.5. The average molecular weight is 474 g/mol. The fraction of sp³-hybridized carbons (Fsp3) is 0.231. The number of piperazine rings is 1. The number of guanidine groups is 1. The third kappa shape index (κ3) is 4.96. The molecule has 0 saturated carbocycles. The van der Waals surface area contributed by atoms with Crippen molar-refractivity contribution in [1.82, 2.24) is 9.21 Å². The lowest BCUT2D eigenvalue weighted by atomic mass is 10.0. The molecule has 1 N–H and O–H groups in total. The molecule has 1 fully saturated rings. The Labute approximate surface area is 201 Å². The lowest BCUT2D eigenvalue weighted by Crippen LogP contribution is -2.53. The molecular weight excluding hydrogens is 446 g/mol. The van der Waals surface area contributed by atoms with Crippen LogP contribution in [0.25, 0.3) is 0 Å². The van der Waals surface area contributed by atoms with Crippen molar-refractivity contribution in [3.8, 4) is 6.19 Å². The van der Waals surface area contributed by atoms with Gasteiger partial charge in [-0.1, -0.05) is 60.7 Å². The van der Waals surface area contributed by atoms with Crippen molar-refractivity contribution < 1.29 is 8.42 Å². The molecule has 0 bridgehead atoms. The first-order chi connectivity index (χ1) is 16.4. The minimum absolute atomic E-state index is 0.260. The van der Waals surface area contributed by atoms with Crippen molar-refractivity contribution in [3.05, 3.63) is 95.6 Å². The SMILES string of the molecule is Cc1cccc(S(=O)(=O)N2CCN(/C(=N\C#N)Nc3ccccc3C)CC2c2ccccc2)c1. The van der Waals surface area contributed by atoms with Crippen LogP contribution >= 0.6 is 0 Å². The molecule has 1 aliphatic rings. The Morgan fingerprint density at radius 2 is 1.74 bits per heavy atom. The molecule has 3 aromatic carbocycles. The van der Waals surface area contributed by atoms with Gasteiger partial charge in [0.05, 0.1) is 10.9 Å². The summed E-state index contributed by atoms with van der Waals surface area (Å²) in [5.41, 5.74) is 3.65. The highest BCUT2D eigenvalue weighted by atomic mass is 32.2. The van der Waals surface area contributed by atoms with Crippen molar-refractivity contribution in [2.24, 2.45) is 4.99 Å². The minimum Gasteiger partial charge on any atom is -0.339 e. The van der Waals surface area contributed by atoms with Gasteiger partial charge in [-0.2, -0.15) is 9.57 Å². The van der Waals surface area contributed by atoms with Crippen LogP contribution in [0.4, 0.5) is 5.69 Å². The highest BCUT2D eigenvalue weighted by Crippen LogP contribution is 2.32. The number of para-hydroxylation sites is 1. The number of rotatable bonds is 4. The van der Waals surface area contributed by atoms with Crippen LogP contribution in [0.2, 0.25) is 0 Å². The zero-order chi connectivity index (χ0) is 24.1. The van der Waals surface area contributed by atoms with E-state index in [0.29, 0.717) is 19.0 Å². The first kappa shape index (κ1) is 23.5. The van der Waals surface area contributed by atoms with Crippen LogP contribution in [-0.2, 0) is 10.0 Å². The lowest BCUT2D eigenvalue weighted by Gasteiger charge is -2.41. The van der Waals surface area contributed by atoms with Crippen molar-refractivity contribution in [2.45, 2.75) is 24.8 Å². The summed E-state index contributed by atoms with van der Waals surface area (Å²) >= 11 is 0. The number of anilines is 1. The molecule has 1 heterocycles. The van der Waals surface area contributed by atoms with Crippen LogP contribution in [0.1, 0.15) is 22.7 Å². The maximum atomic E-state index is 13.7. The number of sulfonamides is 1. The molecule has 0 aromatic heterocycles. The van der Waals surface area contributed by atoms with Crippen LogP contribution in [0, 0.1) is 25.3 Å². The van der Waals surface area contributed by atoms with Gasteiger partial charge < -0.3 is 10.2 Å². The molecule has 174 valence electrons. The molecule has 4 rings (SSSR count). The summed E-state index contributed by atoms with van der Waals surface area (Å²) in [5.74, 6) is 0.408. The zero-order valence-electron chi connectivity index (χ0n) is 19.2. The Balaban J connectivity index is 1.69. The molecule has 7 nitrogen and oxygen atoms in total. The van der Waals surface area contributed by atoms with Gasteiger partial charge in [-0.15, -0.1) is 4.99 Å². The Morgan fingerprint density at radius 1 is 1.00 bits per heavy atom. The van der Waals surface area contributed by atoms with Gasteiger partial charge in [0, 0.05) is 25.3 Å². The zero-order valence-corrected chi connectivity index (χ0v) is 20.0. The van der Waals surface area contributed by atoms with Crippen LogP contribution < -0.4 is 5.32 Å². The van der Waals surface area contributed by atoms with Gasteiger partial charge >= 0.3 is 0 Å². The number of nitrogens with zero attached hydrogens (tertiary/aromatic N) is 4. The molecule has 3 aromatic rings. The topological polar surface area (TPSA) is 88.8 Å². The van der Waals surface area contributed by atoms with E-state index in [1.165, 1.54) is 0 Å². The molecular formula is C26H27N5O2S. The predicted octanol–water partition coefficient (Wildman–Crippen LogP) is 4.30. The number of aryl methyl sites for hydroxylation is 2. The van der Waals surface area contributed by atoms with Crippen LogP contribution in [0.15, 0.2) is 88.8 Å². The summed E-state index contributed by atoms with van der Waals surface area (Å²) in [6.45, 7) is 4.87. The highest BCUT2D eigenvalue weighted by molar-refractivity contribution is 7.89. The number of nitriles is 1. The van der Waals surface area contributed by atoms with E-state index in [4.69, 9.17) is 0 Å². The van der Waals surface area contributed by atoms with Gasteiger partial charge in [0.15, 0.2) is 0 Å². The second-order valence-corrected chi connectivity index (χ2v) is 10.2.